The number of sulfone groups is 1. The lowest BCUT2D eigenvalue weighted by Gasteiger charge is -2.05. The van der Waals surface area contributed by atoms with Crippen molar-refractivity contribution < 1.29 is 8.42 Å². The zero-order chi connectivity index (χ0) is 14.5. The average Bonchev–Trinajstić information content (AvgIpc) is 2.34. The van der Waals surface area contributed by atoms with Crippen molar-refractivity contribution in [1.82, 2.24) is 5.43 Å². The molecule has 0 atom stereocenters. The Bertz CT molecular complexity index is 577. The fourth-order valence-electron chi connectivity index (χ4n) is 1.35. The van der Waals surface area contributed by atoms with Crippen LogP contribution in [0.3, 0.4) is 0 Å². The molecule has 0 unspecified atom stereocenters. The number of hydrogen-bond donors (Lipinski definition) is 2. The Balaban J connectivity index is 2.68. The van der Waals surface area contributed by atoms with Gasteiger partial charge in [-0.3, -0.25) is 5.43 Å². The number of benzene rings is 1. The molecule has 1 rings (SSSR count). The minimum Gasteiger partial charge on any atom is -0.375 e. The first kappa shape index (κ1) is 15.6. The van der Waals surface area contributed by atoms with Gasteiger partial charge in [0.2, 0.25) is 0 Å². The molecule has 0 heterocycles. The van der Waals surface area contributed by atoms with Gasteiger partial charge in [-0.05, 0) is 38.2 Å². The van der Waals surface area contributed by atoms with E-state index in [4.69, 9.17) is 5.73 Å². The molecule has 0 radical (unpaired) electrons. The minimum atomic E-state index is -3.28. The third-order valence-corrected chi connectivity index (χ3v) is 4.29. The lowest BCUT2D eigenvalue weighted by atomic mass is 10.2. The van der Waals surface area contributed by atoms with Crippen molar-refractivity contribution >= 4 is 32.9 Å². The quantitative estimate of drug-likeness (QED) is 0.487. The number of nitrogens with zero attached hydrogens (tertiary/aromatic N) is 1. The van der Waals surface area contributed by atoms with Crippen LogP contribution < -0.4 is 11.2 Å². The summed E-state index contributed by atoms with van der Waals surface area (Å²) in [6, 6.07) is 6.79. The minimum absolute atomic E-state index is 0.00437. The first-order chi connectivity index (χ1) is 8.81. The topological polar surface area (TPSA) is 84.5 Å². The molecule has 0 aromatic heterocycles. The first-order valence-corrected chi connectivity index (χ1v) is 7.75. The molecule has 0 spiro atoms. The van der Waals surface area contributed by atoms with Crippen molar-refractivity contribution in [3.8, 4) is 0 Å². The van der Waals surface area contributed by atoms with Gasteiger partial charge in [0.1, 0.15) is 0 Å². The molecule has 19 heavy (non-hydrogen) atoms. The second kappa shape index (κ2) is 6.63. The van der Waals surface area contributed by atoms with Gasteiger partial charge >= 0.3 is 0 Å². The van der Waals surface area contributed by atoms with Gasteiger partial charge in [-0.25, -0.2) is 8.42 Å². The number of hydrogen-bond acceptors (Lipinski definition) is 4. The smallest absolute Gasteiger partial charge is 0.184 e. The second-order valence-electron chi connectivity index (χ2n) is 4.21. The maximum atomic E-state index is 12.1. The fourth-order valence-corrected chi connectivity index (χ4v) is 2.75. The highest BCUT2D eigenvalue weighted by molar-refractivity contribution is 7.91. The van der Waals surface area contributed by atoms with E-state index in [-0.39, 0.29) is 10.9 Å². The number of nitrogens with two attached hydrogens (primary N) is 1. The van der Waals surface area contributed by atoms with Crippen molar-refractivity contribution in [3.05, 3.63) is 29.8 Å². The number of hydrazone groups is 1. The van der Waals surface area contributed by atoms with Gasteiger partial charge in [0.25, 0.3) is 0 Å². The normalized spacial score (nSPS) is 12.2. The molecule has 1 aromatic rings. The summed E-state index contributed by atoms with van der Waals surface area (Å²) >= 11 is 4.60. The maximum Gasteiger partial charge on any atom is 0.184 e. The van der Waals surface area contributed by atoms with Gasteiger partial charge < -0.3 is 5.73 Å². The first-order valence-electron chi connectivity index (χ1n) is 5.69. The fraction of sp³-hybridized carbons (Fsp3) is 0.333. The number of thiocarbonyl (C=S) groups is 1. The summed E-state index contributed by atoms with van der Waals surface area (Å²) in [6.07, 6.45) is 0.325. The Labute approximate surface area is 118 Å². The van der Waals surface area contributed by atoms with Gasteiger partial charge in [-0.2, -0.15) is 5.10 Å². The second-order valence-corrected chi connectivity index (χ2v) is 6.75. The molecule has 7 heteroatoms. The summed E-state index contributed by atoms with van der Waals surface area (Å²) in [5.41, 5.74) is 9.31. The van der Waals surface area contributed by atoms with Crippen LogP contribution in [0.4, 0.5) is 0 Å². The van der Waals surface area contributed by atoms with Crippen LogP contribution in [0.5, 0.6) is 0 Å². The highest BCUT2D eigenvalue weighted by Gasteiger charge is 2.14. The average molecular weight is 299 g/mol. The standard InChI is InChI=1S/C12H17N3O2S2/c1-9-3-5-11(6-4-9)19(16,17)8-7-10(2)14-15-12(13)18/h3-6H,7-8H2,1-2H3,(H3,13,15,18)/b14-10+. The summed E-state index contributed by atoms with van der Waals surface area (Å²) in [5, 5.41) is 3.93. The van der Waals surface area contributed by atoms with E-state index in [0.717, 1.165) is 5.56 Å². The maximum absolute atomic E-state index is 12.1. The molecule has 0 aliphatic rings. The molecule has 0 saturated heterocycles. The summed E-state index contributed by atoms with van der Waals surface area (Å²) < 4.78 is 24.1. The largest absolute Gasteiger partial charge is 0.375 e. The van der Waals surface area contributed by atoms with Crippen LogP contribution in [0.1, 0.15) is 18.9 Å². The Morgan fingerprint density at radius 2 is 1.95 bits per heavy atom. The molecule has 5 nitrogen and oxygen atoms in total. The van der Waals surface area contributed by atoms with E-state index in [0.29, 0.717) is 17.0 Å². The van der Waals surface area contributed by atoms with Gasteiger partial charge in [0.15, 0.2) is 14.9 Å². The zero-order valence-corrected chi connectivity index (χ0v) is 12.5. The van der Waals surface area contributed by atoms with Gasteiger partial charge in [0.05, 0.1) is 10.6 Å². The molecule has 0 saturated carbocycles. The zero-order valence-electron chi connectivity index (χ0n) is 10.9. The van der Waals surface area contributed by atoms with E-state index in [1.807, 2.05) is 6.92 Å². The molecule has 0 aliphatic carbocycles. The Morgan fingerprint density at radius 3 is 2.47 bits per heavy atom. The van der Waals surface area contributed by atoms with Crippen LogP contribution in [0.25, 0.3) is 0 Å². The molecule has 104 valence electrons. The molecule has 3 N–H and O–H groups in total. The molecular formula is C12H17N3O2S2. The number of nitrogens with one attached hydrogen (secondary N) is 1. The van der Waals surface area contributed by atoms with Gasteiger partial charge in [-0.1, -0.05) is 17.7 Å². The third kappa shape index (κ3) is 5.35. The predicted molar refractivity (Wildman–Crippen MR) is 80.9 cm³/mol. The van der Waals surface area contributed by atoms with Crippen molar-refractivity contribution in [2.24, 2.45) is 10.8 Å². The Morgan fingerprint density at radius 1 is 1.37 bits per heavy atom. The predicted octanol–water partition coefficient (Wildman–Crippen LogP) is 1.37. The van der Waals surface area contributed by atoms with E-state index >= 15 is 0 Å². The Kier molecular flexibility index (Phi) is 5.44. The van der Waals surface area contributed by atoms with Crippen LogP contribution in [0, 0.1) is 6.92 Å². The van der Waals surface area contributed by atoms with Gasteiger partial charge in [-0.15, -0.1) is 0 Å². The van der Waals surface area contributed by atoms with Crippen molar-refractivity contribution in [2.75, 3.05) is 5.75 Å². The molecular weight excluding hydrogens is 282 g/mol. The lowest BCUT2D eigenvalue weighted by molar-refractivity contribution is 0.596. The molecule has 0 aliphatic heterocycles. The summed E-state index contributed by atoms with van der Waals surface area (Å²) in [5.74, 6) is 0.00437. The Hall–Kier alpha value is -1.47. The van der Waals surface area contributed by atoms with Crippen molar-refractivity contribution in [2.45, 2.75) is 25.2 Å². The van der Waals surface area contributed by atoms with Crippen LogP contribution in [0.15, 0.2) is 34.3 Å². The highest BCUT2D eigenvalue weighted by atomic mass is 32.2. The monoisotopic (exact) mass is 299 g/mol. The molecule has 0 fully saturated rings. The summed E-state index contributed by atoms with van der Waals surface area (Å²) in [7, 11) is -3.28. The van der Waals surface area contributed by atoms with E-state index < -0.39 is 9.84 Å². The van der Waals surface area contributed by atoms with E-state index in [2.05, 4.69) is 22.7 Å². The lowest BCUT2D eigenvalue weighted by Crippen LogP contribution is -2.25. The molecule has 0 amide bonds. The SMILES string of the molecule is C/C(CCS(=O)(=O)c1ccc(C)cc1)=N\NC(N)=S. The molecule has 1 aromatic carbocycles. The van der Waals surface area contributed by atoms with E-state index in [1.165, 1.54) is 0 Å². The van der Waals surface area contributed by atoms with Crippen LogP contribution in [-0.2, 0) is 9.84 Å². The summed E-state index contributed by atoms with van der Waals surface area (Å²) in [4.78, 5) is 0.327. The van der Waals surface area contributed by atoms with Crippen LogP contribution in [-0.4, -0.2) is 25.0 Å². The van der Waals surface area contributed by atoms with Crippen molar-refractivity contribution in [1.29, 1.82) is 0 Å². The number of aryl methyl sites for hydroxylation is 1. The van der Waals surface area contributed by atoms with Crippen molar-refractivity contribution in [3.63, 3.8) is 0 Å². The van der Waals surface area contributed by atoms with Gasteiger partial charge in [0, 0.05) is 12.1 Å². The highest BCUT2D eigenvalue weighted by Crippen LogP contribution is 2.13. The van der Waals surface area contributed by atoms with Crippen LogP contribution in [0.2, 0.25) is 0 Å². The van der Waals surface area contributed by atoms with Crippen LogP contribution >= 0.6 is 12.2 Å². The van der Waals surface area contributed by atoms with E-state index in [1.54, 1.807) is 31.2 Å². The van der Waals surface area contributed by atoms with E-state index in [9.17, 15) is 8.42 Å². The molecule has 0 bridgehead atoms. The number of rotatable bonds is 5. The third-order valence-electron chi connectivity index (χ3n) is 2.47. The summed E-state index contributed by atoms with van der Waals surface area (Å²) in [6.45, 7) is 3.63.